The molecule has 0 atom stereocenters. The third-order valence-electron chi connectivity index (χ3n) is 5.21. The Hall–Kier alpha value is -3.48. The Bertz CT molecular complexity index is 1310. The molecule has 9 heteroatoms. The van der Waals surface area contributed by atoms with Gasteiger partial charge < -0.3 is 9.67 Å². The first-order valence-electron chi connectivity index (χ1n) is 9.87. The second-order valence-corrected chi connectivity index (χ2v) is 8.86. The van der Waals surface area contributed by atoms with Gasteiger partial charge in [0.15, 0.2) is 0 Å². The summed E-state index contributed by atoms with van der Waals surface area (Å²) in [6.45, 7) is 9.46. The lowest BCUT2D eigenvalue weighted by atomic mass is 10.0. The highest BCUT2D eigenvalue weighted by Gasteiger charge is 2.25. The van der Waals surface area contributed by atoms with Crippen molar-refractivity contribution >= 4 is 21.7 Å². The summed E-state index contributed by atoms with van der Waals surface area (Å²) in [7, 11) is -2.33. The molecule has 0 aliphatic rings. The first-order chi connectivity index (χ1) is 15.2. The maximum Gasteiger partial charge on any atom is 0.351 e. The normalized spacial score (nSPS) is 11.3. The topological polar surface area (TPSA) is 92.8 Å². The van der Waals surface area contributed by atoms with Crippen molar-refractivity contribution in [2.75, 3.05) is 6.54 Å². The van der Waals surface area contributed by atoms with Gasteiger partial charge in [-0.2, -0.15) is 0 Å². The van der Waals surface area contributed by atoms with E-state index < -0.39 is 26.7 Å². The Balaban J connectivity index is 1.80. The van der Waals surface area contributed by atoms with Crippen LogP contribution in [0.15, 0.2) is 53.4 Å². The van der Waals surface area contributed by atoms with E-state index in [4.69, 9.17) is 6.57 Å². The molecule has 166 valence electrons. The predicted octanol–water partition coefficient (Wildman–Crippen LogP) is 4.16. The monoisotopic (exact) mass is 455 g/mol. The van der Waals surface area contributed by atoms with E-state index in [0.29, 0.717) is 35.3 Å². The Morgan fingerprint density at radius 1 is 1.19 bits per heavy atom. The van der Waals surface area contributed by atoms with Crippen LogP contribution in [0.5, 0.6) is 0 Å². The van der Waals surface area contributed by atoms with E-state index in [1.54, 1.807) is 31.3 Å². The van der Waals surface area contributed by atoms with Gasteiger partial charge in [-0.15, -0.1) is 0 Å². The quantitative estimate of drug-likeness (QED) is 0.499. The van der Waals surface area contributed by atoms with Crippen molar-refractivity contribution in [1.29, 1.82) is 0 Å². The highest BCUT2D eigenvalue weighted by molar-refractivity contribution is 7.89. The minimum atomic E-state index is -3.97. The summed E-state index contributed by atoms with van der Waals surface area (Å²) < 4.78 is 42.2. The Morgan fingerprint density at radius 3 is 2.41 bits per heavy atom. The molecule has 0 saturated heterocycles. The van der Waals surface area contributed by atoms with Gasteiger partial charge in [-0.1, -0.05) is 43.3 Å². The number of carbonyl (C=O) groups is 1. The summed E-state index contributed by atoms with van der Waals surface area (Å²) in [5.41, 5.74) is 2.80. The zero-order valence-electron chi connectivity index (χ0n) is 17.6. The number of hydrogen-bond donors (Lipinski definition) is 2. The maximum absolute atomic E-state index is 13.8. The molecule has 0 spiro atoms. The zero-order valence-corrected chi connectivity index (χ0v) is 18.4. The van der Waals surface area contributed by atoms with Crippen LogP contribution in [-0.4, -0.2) is 30.6 Å². The molecular weight excluding hydrogens is 433 g/mol. The molecule has 32 heavy (non-hydrogen) atoms. The van der Waals surface area contributed by atoms with Gasteiger partial charge in [0.2, 0.25) is 15.7 Å². The summed E-state index contributed by atoms with van der Waals surface area (Å²) in [6.07, 6.45) is 0.874. The van der Waals surface area contributed by atoms with E-state index in [2.05, 4.69) is 9.57 Å². The third-order valence-corrected chi connectivity index (χ3v) is 6.71. The summed E-state index contributed by atoms with van der Waals surface area (Å²) >= 11 is 0. The Morgan fingerprint density at radius 2 is 1.84 bits per heavy atom. The van der Waals surface area contributed by atoms with Crippen molar-refractivity contribution in [3.8, 4) is 11.1 Å². The molecule has 1 heterocycles. The van der Waals surface area contributed by atoms with Crippen molar-refractivity contribution in [2.24, 2.45) is 7.05 Å². The van der Waals surface area contributed by atoms with Crippen molar-refractivity contribution in [3.05, 3.63) is 82.7 Å². The number of nitrogens with one attached hydrogen (secondary N) is 1. The van der Waals surface area contributed by atoms with Crippen LogP contribution in [0.2, 0.25) is 0 Å². The number of rotatable bonds is 8. The molecule has 0 aliphatic heterocycles. The maximum atomic E-state index is 13.8. The second kappa shape index (κ2) is 9.34. The lowest BCUT2D eigenvalue weighted by Gasteiger charge is -2.09. The molecule has 0 saturated carbocycles. The van der Waals surface area contributed by atoms with Gasteiger partial charge in [0.1, 0.15) is 16.4 Å². The van der Waals surface area contributed by atoms with Crippen molar-refractivity contribution < 1.29 is 22.7 Å². The molecule has 1 aromatic heterocycles. The summed E-state index contributed by atoms with van der Waals surface area (Å²) in [5, 5.41) is 9.68. The Kier molecular flexibility index (Phi) is 6.77. The molecule has 3 rings (SSSR count). The molecule has 0 radical (unpaired) electrons. The number of nitrogens with zero attached hydrogens (tertiary/aromatic N) is 2. The SMILES string of the molecule is [C-]#[N+]c1c(-c2ccc(CCNS(=O)(=O)c3ccccc3F)cc2)c(C(=O)O)n(C)c1CC. The smallest absolute Gasteiger partial charge is 0.351 e. The molecule has 2 aromatic carbocycles. The van der Waals surface area contributed by atoms with Crippen LogP contribution in [0.1, 0.15) is 28.7 Å². The summed E-state index contributed by atoms with van der Waals surface area (Å²) in [4.78, 5) is 15.0. The fourth-order valence-corrected chi connectivity index (χ4v) is 4.78. The van der Waals surface area contributed by atoms with Crippen LogP contribution < -0.4 is 4.72 Å². The fourth-order valence-electron chi connectivity index (χ4n) is 3.68. The predicted molar refractivity (Wildman–Crippen MR) is 119 cm³/mol. The van der Waals surface area contributed by atoms with Crippen LogP contribution >= 0.6 is 0 Å². The van der Waals surface area contributed by atoms with E-state index in [1.165, 1.54) is 22.8 Å². The van der Waals surface area contributed by atoms with E-state index in [1.807, 2.05) is 6.92 Å². The number of sulfonamides is 1. The van der Waals surface area contributed by atoms with Gasteiger partial charge in [-0.3, -0.25) is 0 Å². The summed E-state index contributed by atoms with van der Waals surface area (Å²) in [6, 6.07) is 12.1. The molecule has 3 aromatic rings. The van der Waals surface area contributed by atoms with Gasteiger partial charge in [0.05, 0.1) is 6.57 Å². The van der Waals surface area contributed by atoms with Crippen molar-refractivity contribution in [3.63, 3.8) is 0 Å². The minimum Gasteiger partial charge on any atom is -0.477 e. The molecule has 0 fully saturated rings. The minimum absolute atomic E-state index is 0.0539. The molecule has 2 N–H and O–H groups in total. The van der Waals surface area contributed by atoms with Crippen LogP contribution in [0.4, 0.5) is 10.1 Å². The third kappa shape index (κ3) is 4.42. The van der Waals surface area contributed by atoms with Crippen LogP contribution in [0, 0.1) is 12.4 Å². The number of aromatic nitrogens is 1. The Labute approximate surface area is 186 Å². The highest BCUT2D eigenvalue weighted by Crippen LogP contribution is 2.39. The first-order valence-corrected chi connectivity index (χ1v) is 11.3. The molecule has 7 nitrogen and oxygen atoms in total. The highest BCUT2D eigenvalue weighted by atomic mass is 32.2. The number of aromatic carboxylic acids is 1. The number of carboxylic acids is 1. The molecule has 0 unspecified atom stereocenters. The molecular formula is C23H22FN3O4S. The first kappa shape index (κ1) is 23.2. The molecule has 0 aliphatic carbocycles. The van der Waals surface area contributed by atoms with Gasteiger partial charge in [-0.05, 0) is 36.1 Å². The fraction of sp³-hybridized carbons (Fsp3) is 0.217. The lowest BCUT2D eigenvalue weighted by Crippen LogP contribution is -2.26. The van der Waals surface area contributed by atoms with E-state index in [9.17, 15) is 22.7 Å². The summed E-state index contributed by atoms with van der Waals surface area (Å²) in [5.74, 6) is -1.93. The largest absolute Gasteiger partial charge is 0.477 e. The van der Waals surface area contributed by atoms with E-state index in [0.717, 1.165) is 11.6 Å². The average molecular weight is 456 g/mol. The van der Waals surface area contributed by atoms with Crippen molar-refractivity contribution in [1.82, 2.24) is 9.29 Å². The number of carboxylic acid groups (broad SMARTS) is 1. The van der Waals surface area contributed by atoms with Crippen LogP contribution in [0.3, 0.4) is 0 Å². The van der Waals surface area contributed by atoms with Crippen LogP contribution in [-0.2, 0) is 29.9 Å². The number of hydrogen-bond acceptors (Lipinski definition) is 3. The van der Waals surface area contributed by atoms with Gasteiger partial charge >= 0.3 is 5.97 Å². The van der Waals surface area contributed by atoms with E-state index in [-0.39, 0.29) is 12.2 Å². The second-order valence-electron chi connectivity index (χ2n) is 7.12. The molecule has 0 amide bonds. The van der Waals surface area contributed by atoms with E-state index >= 15 is 0 Å². The van der Waals surface area contributed by atoms with Crippen molar-refractivity contribution in [2.45, 2.75) is 24.7 Å². The van der Waals surface area contributed by atoms with Gasteiger partial charge in [0, 0.05) is 24.8 Å². The number of halogens is 1. The molecule has 0 bridgehead atoms. The zero-order chi connectivity index (χ0) is 23.5. The van der Waals surface area contributed by atoms with Gasteiger partial charge in [-0.25, -0.2) is 27.2 Å². The standard InChI is InChI=1S/C23H22FN3O4S/c1-4-18-21(25-2)20(22(23(28)29)27(18)3)16-11-9-15(10-12-16)13-14-26-32(30,31)19-8-6-5-7-17(19)24/h5-12,26H,4,13-14H2,1,3H3,(H,28,29). The number of benzene rings is 2. The van der Waals surface area contributed by atoms with Crippen LogP contribution in [0.25, 0.3) is 16.0 Å². The average Bonchev–Trinajstić information content (AvgIpc) is 3.05. The van der Waals surface area contributed by atoms with Gasteiger partial charge in [0.25, 0.3) is 0 Å². The lowest BCUT2D eigenvalue weighted by molar-refractivity contribution is 0.0687.